The van der Waals surface area contributed by atoms with Crippen LogP contribution in [0.5, 0.6) is 0 Å². The molecular formula is C15H11N3O3. The summed E-state index contributed by atoms with van der Waals surface area (Å²) in [7, 11) is 0. The van der Waals surface area contributed by atoms with Crippen LogP contribution in [0.2, 0.25) is 0 Å². The molecule has 0 saturated carbocycles. The van der Waals surface area contributed by atoms with E-state index in [0.717, 1.165) is 16.2 Å². The number of aromatic amines is 1. The first-order chi connectivity index (χ1) is 10.1. The molecule has 6 nitrogen and oxygen atoms in total. The van der Waals surface area contributed by atoms with Crippen molar-refractivity contribution in [3.8, 4) is 5.69 Å². The molecule has 0 aliphatic carbocycles. The van der Waals surface area contributed by atoms with Gasteiger partial charge in [-0.05, 0) is 24.4 Å². The van der Waals surface area contributed by atoms with Gasteiger partial charge >= 0.3 is 5.69 Å². The number of H-pyrrole nitrogens is 1. The SMILES string of the molecule is CC(=O)c1c[nH]c(=O)n(-c2cccc3ccncc23)c1=O. The third-order valence-electron chi connectivity index (χ3n) is 3.26. The van der Waals surface area contributed by atoms with Crippen LogP contribution in [0, 0.1) is 0 Å². The van der Waals surface area contributed by atoms with Gasteiger partial charge in [-0.1, -0.05) is 12.1 Å². The van der Waals surface area contributed by atoms with Crippen LogP contribution in [-0.2, 0) is 0 Å². The Labute approximate surface area is 118 Å². The lowest BCUT2D eigenvalue weighted by Gasteiger charge is -2.08. The van der Waals surface area contributed by atoms with Crippen molar-refractivity contribution in [2.45, 2.75) is 6.92 Å². The highest BCUT2D eigenvalue weighted by Gasteiger charge is 2.14. The summed E-state index contributed by atoms with van der Waals surface area (Å²) in [5.41, 5.74) is -0.894. The molecule has 3 rings (SSSR count). The number of benzene rings is 1. The van der Waals surface area contributed by atoms with E-state index < -0.39 is 17.0 Å². The third kappa shape index (κ3) is 2.06. The number of nitrogens with zero attached hydrogens (tertiary/aromatic N) is 2. The Bertz CT molecular complexity index is 964. The van der Waals surface area contributed by atoms with Gasteiger partial charge in [-0.25, -0.2) is 9.36 Å². The quantitative estimate of drug-likeness (QED) is 0.717. The molecule has 3 aromatic rings. The predicted molar refractivity (Wildman–Crippen MR) is 78.0 cm³/mol. The van der Waals surface area contributed by atoms with Crippen LogP contribution in [-0.4, -0.2) is 20.3 Å². The molecule has 0 aliphatic rings. The summed E-state index contributed by atoms with van der Waals surface area (Å²) in [4.78, 5) is 42.3. The topological polar surface area (TPSA) is 84.8 Å². The largest absolute Gasteiger partial charge is 0.333 e. The van der Waals surface area contributed by atoms with Crippen LogP contribution in [0.3, 0.4) is 0 Å². The number of rotatable bonds is 2. The number of carbonyl (C=O) groups is 1. The van der Waals surface area contributed by atoms with E-state index in [0.29, 0.717) is 11.1 Å². The molecule has 2 heterocycles. The lowest BCUT2D eigenvalue weighted by Crippen LogP contribution is -2.36. The number of ketones is 1. The summed E-state index contributed by atoms with van der Waals surface area (Å²) >= 11 is 0. The zero-order valence-electron chi connectivity index (χ0n) is 11.2. The van der Waals surface area contributed by atoms with Gasteiger partial charge in [0.25, 0.3) is 5.56 Å². The molecule has 0 unspecified atom stereocenters. The highest BCUT2D eigenvalue weighted by atomic mass is 16.2. The van der Waals surface area contributed by atoms with E-state index in [1.165, 1.54) is 6.92 Å². The summed E-state index contributed by atoms with van der Waals surface area (Å²) in [6.07, 6.45) is 4.36. The normalized spacial score (nSPS) is 10.7. The summed E-state index contributed by atoms with van der Waals surface area (Å²) < 4.78 is 0.959. The molecule has 0 amide bonds. The number of Topliss-reactive ketones (excluding diaryl/α,β-unsaturated/α-hetero) is 1. The summed E-state index contributed by atoms with van der Waals surface area (Å²) in [5, 5.41) is 1.51. The molecule has 0 atom stereocenters. The second kappa shape index (κ2) is 4.82. The molecule has 1 N–H and O–H groups in total. The second-order valence-corrected chi connectivity index (χ2v) is 4.58. The predicted octanol–water partition coefficient (Wildman–Crippen LogP) is 1.28. The minimum Gasteiger partial charge on any atom is -0.313 e. The van der Waals surface area contributed by atoms with E-state index in [4.69, 9.17) is 0 Å². The fourth-order valence-corrected chi connectivity index (χ4v) is 2.24. The molecule has 0 bridgehead atoms. The van der Waals surface area contributed by atoms with Gasteiger partial charge in [-0.3, -0.25) is 14.6 Å². The van der Waals surface area contributed by atoms with Crippen LogP contribution >= 0.6 is 0 Å². The van der Waals surface area contributed by atoms with Gasteiger partial charge in [-0.2, -0.15) is 0 Å². The van der Waals surface area contributed by atoms with Crippen LogP contribution in [0.1, 0.15) is 17.3 Å². The van der Waals surface area contributed by atoms with Crippen molar-refractivity contribution in [2.75, 3.05) is 0 Å². The van der Waals surface area contributed by atoms with Crippen LogP contribution in [0.4, 0.5) is 0 Å². The molecular weight excluding hydrogens is 270 g/mol. The van der Waals surface area contributed by atoms with Gasteiger partial charge in [0.1, 0.15) is 0 Å². The molecule has 0 saturated heterocycles. The first-order valence-electron chi connectivity index (χ1n) is 6.28. The van der Waals surface area contributed by atoms with Gasteiger partial charge in [0, 0.05) is 24.0 Å². The molecule has 0 spiro atoms. The lowest BCUT2D eigenvalue weighted by molar-refractivity contribution is 0.101. The average Bonchev–Trinajstić information content (AvgIpc) is 2.47. The Balaban J connectivity index is 2.44. The third-order valence-corrected chi connectivity index (χ3v) is 3.26. The summed E-state index contributed by atoms with van der Waals surface area (Å²) in [6.45, 7) is 1.28. The monoisotopic (exact) mass is 281 g/mol. The van der Waals surface area contributed by atoms with Crippen molar-refractivity contribution >= 4 is 16.6 Å². The molecule has 1 aromatic carbocycles. The molecule has 0 fully saturated rings. The van der Waals surface area contributed by atoms with Crippen LogP contribution < -0.4 is 11.2 Å². The van der Waals surface area contributed by atoms with E-state index in [2.05, 4.69) is 9.97 Å². The van der Waals surface area contributed by atoms with Crippen molar-refractivity contribution in [3.05, 3.63) is 69.3 Å². The minimum atomic E-state index is -0.636. The maximum Gasteiger partial charge on any atom is 0.333 e. The number of hydrogen-bond donors (Lipinski definition) is 1. The highest BCUT2D eigenvalue weighted by Crippen LogP contribution is 2.18. The van der Waals surface area contributed by atoms with E-state index in [-0.39, 0.29) is 5.56 Å². The number of nitrogens with one attached hydrogen (secondary N) is 1. The number of pyridine rings is 1. The van der Waals surface area contributed by atoms with Crippen molar-refractivity contribution in [3.63, 3.8) is 0 Å². The smallest absolute Gasteiger partial charge is 0.313 e. The summed E-state index contributed by atoms with van der Waals surface area (Å²) in [5.74, 6) is -0.400. The van der Waals surface area contributed by atoms with Gasteiger partial charge < -0.3 is 4.98 Å². The van der Waals surface area contributed by atoms with E-state index in [9.17, 15) is 14.4 Å². The number of fused-ring (bicyclic) bond motifs is 1. The van der Waals surface area contributed by atoms with Crippen molar-refractivity contribution in [2.24, 2.45) is 0 Å². The zero-order valence-corrected chi connectivity index (χ0v) is 11.2. The standard InChI is InChI=1S/C15H11N3O3/c1-9(19)11-8-17-15(21)18(14(11)20)13-4-2-3-10-5-6-16-7-12(10)13/h2-8H,1H3,(H,17,21). The Morgan fingerprint density at radius 2 is 2.05 bits per heavy atom. The maximum atomic E-state index is 12.4. The molecule has 6 heteroatoms. The second-order valence-electron chi connectivity index (χ2n) is 4.58. The number of aromatic nitrogens is 3. The Hall–Kier alpha value is -3.02. The van der Waals surface area contributed by atoms with Crippen LogP contribution in [0.15, 0.2) is 52.4 Å². The molecule has 104 valence electrons. The zero-order chi connectivity index (χ0) is 15.0. The highest BCUT2D eigenvalue weighted by molar-refractivity contribution is 5.94. The van der Waals surface area contributed by atoms with Crippen molar-refractivity contribution < 1.29 is 4.79 Å². The average molecular weight is 281 g/mol. The minimum absolute atomic E-state index is 0.0597. The number of hydrogen-bond acceptors (Lipinski definition) is 4. The Morgan fingerprint density at radius 1 is 1.24 bits per heavy atom. The van der Waals surface area contributed by atoms with Gasteiger partial charge in [0.15, 0.2) is 5.78 Å². The van der Waals surface area contributed by atoms with Crippen molar-refractivity contribution in [1.29, 1.82) is 0 Å². The maximum absolute atomic E-state index is 12.4. The fourth-order valence-electron chi connectivity index (χ4n) is 2.24. The van der Waals surface area contributed by atoms with E-state index >= 15 is 0 Å². The first-order valence-corrected chi connectivity index (χ1v) is 6.28. The molecule has 2 aromatic heterocycles. The molecule has 21 heavy (non-hydrogen) atoms. The van der Waals surface area contributed by atoms with E-state index in [1.54, 1.807) is 30.6 Å². The number of carbonyl (C=O) groups excluding carboxylic acids is 1. The molecule has 0 radical (unpaired) electrons. The van der Waals surface area contributed by atoms with Crippen molar-refractivity contribution in [1.82, 2.24) is 14.5 Å². The first kappa shape index (κ1) is 13.0. The summed E-state index contributed by atoms with van der Waals surface area (Å²) in [6, 6.07) is 7.02. The molecule has 0 aliphatic heterocycles. The van der Waals surface area contributed by atoms with Gasteiger partial charge in [0.2, 0.25) is 0 Å². The fraction of sp³-hybridized carbons (Fsp3) is 0.0667. The Morgan fingerprint density at radius 3 is 2.81 bits per heavy atom. The lowest BCUT2D eigenvalue weighted by atomic mass is 10.1. The van der Waals surface area contributed by atoms with E-state index in [1.807, 2.05) is 6.07 Å². The Kier molecular flexibility index (Phi) is 2.98. The van der Waals surface area contributed by atoms with Gasteiger partial charge in [-0.15, -0.1) is 0 Å². The van der Waals surface area contributed by atoms with Gasteiger partial charge in [0.05, 0.1) is 11.3 Å². The van der Waals surface area contributed by atoms with Crippen LogP contribution in [0.25, 0.3) is 16.5 Å².